The number of hydrogen-bond acceptors (Lipinski definition) is 4. The molecule has 1 heterocycles. The standard InChI is InChI=1S/C18H27F3N4O3S/c1-2-22-17(23-8-10-25-9-3-11-29(25,26)27)24-12-15-4-6-16(7-5-15)13-28-14-18(19,20)21/h4-7H,2-3,8-14H2,1H3,(H2,22,23,24). The zero-order valence-electron chi connectivity index (χ0n) is 16.3. The van der Waals surface area contributed by atoms with E-state index in [-0.39, 0.29) is 12.4 Å². The lowest BCUT2D eigenvalue weighted by Gasteiger charge is -2.16. The molecule has 0 aromatic heterocycles. The Hall–Kier alpha value is -1.85. The maximum absolute atomic E-state index is 12.1. The number of benzene rings is 1. The molecule has 1 aliphatic heterocycles. The first kappa shape index (κ1) is 23.4. The fourth-order valence-electron chi connectivity index (χ4n) is 2.78. The summed E-state index contributed by atoms with van der Waals surface area (Å²) in [6.07, 6.45) is -3.67. The predicted octanol–water partition coefficient (Wildman–Crippen LogP) is 1.86. The van der Waals surface area contributed by atoms with Crippen molar-refractivity contribution in [2.45, 2.75) is 32.7 Å². The van der Waals surface area contributed by atoms with E-state index in [1.54, 1.807) is 24.3 Å². The van der Waals surface area contributed by atoms with Crippen LogP contribution >= 0.6 is 0 Å². The summed E-state index contributed by atoms with van der Waals surface area (Å²) in [6.45, 7) is 2.97. The van der Waals surface area contributed by atoms with Crippen LogP contribution in [0.3, 0.4) is 0 Å². The third-order valence-electron chi connectivity index (χ3n) is 4.18. The van der Waals surface area contributed by atoms with Gasteiger partial charge in [-0.15, -0.1) is 0 Å². The highest BCUT2D eigenvalue weighted by Gasteiger charge is 2.28. The topological polar surface area (TPSA) is 83.0 Å². The Morgan fingerprint density at radius 3 is 2.48 bits per heavy atom. The van der Waals surface area contributed by atoms with Crippen molar-refractivity contribution in [3.8, 4) is 0 Å². The van der Waals surface area contributed by atoms with Crippen molar-refractivity contribution in [1.29, 1.82) is 0 Å². The van der Waals surface area contributed by atoms with Gasteiger partial charge in [0.2, 0.25) is 10.0 Å². The molecular weight excluding hydrogens is 409 g/mol. The molecule has 0 spiro atoms. The van der Waals surface area contributed by atoms with Gasteiger partial charge in [0.05, 0.1) is 18.9 Å². The summed E-state index contributed by atoms with van der Waals surface area (Å²) in [6, 6.07) is 6.99. The third kappa shape index (κ3) is 8.58. The summed E-state index contributed by atoms with van der Waals surface area (Å²) >= 11 is 0. The van der Waals surface area contributed by atoms with Crippen LogP contribution in [0.2, 0.25) is 0 Å². The van der Waals surface area contributed by atoms with Gasteiger partial charge in [0, 0.05) is 26.2 Å². The smallest absolute Gasteiger partial charge is 0.367 e. The molecule has 0 radical (unpaired) electrons. The summed E-state index contributed by atoms with van der Waals surface area (Å²) in [5.41, 5.74) is 1.54. The highest BCUT2D eigenvalue weighted by Crippen LogP contribution is 2.16. The second-order valence-corrected chi connectivity index (χ2v) is 8.70. The van der Waals surface area contributed by atoms with Gasteiger partial charge < -0.3 is 15.4 Å². The lowest BCUT2D eigenvalue weighted by atomic mass is 10.1. The molecule has 1 fully saturated rings. The highest BCUT2D eigenvalue weighted by atomic mass is 32.2. The van der Waals surface area contributed by atoms with Gasteiger partial charge in [0.15, 0.2) is 5.96 Å². The molecule has 164 valence electrons. The highest BCUT2D eigenvalue weighted by molar-refractivity contribution is 7.89. The molecule has 2 rings (SSSR count). The molecule has 0 amide bonds. The molecule has 11 heteroatoms. The summed E-state index contributed by atoms with van der Waals surface area (Å²) in [5.74, 6) is 0.778. The van der Waals surface area contributed by atoms with Crippen LogP contribution in [-0.2, 0) is 27.9 Å². The third-order valence-corrected chi connectivity index (χ3v) is 6.13. The van der Waals surface area contributed by atoms with E-state index in [1.165, 1.54) is 4.31 Å². The molecule has 1 aliphatic rings. The number of halogens is 3. The van der Waals surface area contributed by atoms with Crippen LogP contribution < -0.4 is 10.6 Å². The maximum atomic E-state index is 12.1. The molecule has 1 aromatic rings. The number of nitrogens with zero attached hydrogens (tertiary/aromatic N) is 2. The van der Waals surface area contributed by atoms with Gasteiger partial charge in [-0.05, 0) is 24.5 Å². The van der Waals surface area contributed by atoms with Gasteiger partial charge in [-0.2, -0.15) is 13.2 Å². The van der Waals surface area contributed by atoms with Crippen molar-refractivity contribution < 1.29 is 26.3 Å². The lowest BCUT2D eigenvalue weighted by molar-refractivity contribution is -0.176. The molecule has 7 nitrogen and oxygen atoms in total. The Balaban J connectivity index is 1.81. The summed E-state index contributed by atoms with van der Waals surface area (Å²) in [5, 5.41) is 6.21. The number of alkyl halides is 3. The zero-order chi connectivity index (χ0) is 21.3. The first-order valence-corrected chi connectivity index (χ1v) is 11.0. The van der Waals surface area contributed by atoms with Crippen LogP contribution in [0.5, 0.6) is 0 Å². The Bertz CT molecular complexity index is 768. The van der Waals surface area contributed by atoms with E-state index in [1.807, 2.05) is 6.92 Å². The van der Waals surface area contributed by atoms with Crippen molar-refractivity contribution in [3.63, 3.8) is 0 Å². The molecular formula is C18H27F3N4O3S. The minimum Gasteiger partial charge on any atom is -0.367 e. The SMILES string of the molecule is CCNC(=NCc1ccc(COCC(F)(F)F)cc1)NCCN1CCCS1(=O)=O. The molecule has 1 aromatic carbocycles. The van der Waals surface area contributed by atoms with Gasteiger partial charge in [0.25, 0.3) is 0 Å². The molecule has 1 saturated heterocycles. The van der Waals surface area contributed by atoms with Crippen molar-refractivity contribution in [2.24, 2.45) is 4.99 Å². The first-order chi connectivity index (χ1) is 13.7. The van der Waals surface area contributed by atoms with Gasteiger partial charge >= 0.3 is 6.18 Å². The summed E-state index contributed by atoms with van der Waals surface area (Å²) < 4.78 is 66.0. The van der Waals surface area contributed by atoms with Crippen LogP contribution in [-0.4, -0.2) is 63.4 Å². The number of nitrogens with one attached hydrogen (secondary N) is 2. The molecule has 0 aliphatic carbocycles. The predicted molar refractivity (Wildman–Crippen MR) is 105 cm³/mol. The summed E-state index contributed by atoms with van der Waals surface area (Å²) in [7, 11) is -3.11. The molecule has 0 bridgehead atoms. The fourth-order valence-corrected chi connectivity index (χ4v) is 4.31. The van der Waals surface area contributed by atoms with E-state index in [4.69, 9.17) is 0 Å². The summed E-state index contributed by atoms with van der Waals surface area (Å²) in [4.78, 5) is 4.45. The van der Waals surface area contributed by atoms with E-state index < -0.39 is 22.8 Å². The Kier molecular flexibility index (Phi) is 8.72. The average molecular weight is 437 g/mol. The van der Waals surface area contributed by atoms with E-state index in [0.29, 0.717) is 50.7 Å². The second-order valence-electron chi connectivity index (χ2n) is 6.62. The number of hydrogen-bond donors (Lipinski definition) is 2. The lowest BCUT2D eigenvalue weighted by Crippen LogP contribution is -2.42. The Labute approximate surface area is 169 Å². The van der Waals surface area contributed by atoms with Crippen molar-refractivity contribution in [3.05, 3.63) is 35.4 Å². The van der Waals surface area contributed by atoms with Crippen molar-refractivity contribution in [2.75, 3.05) is 38.5 Å². The minimum absolute atomic E-state index is 0.105. The molecule has 2 N–H and O–H groups in total. The number of ether oxygens (including phenoxy) is 1. The van der Waals surface area contributed by atoms with E-state index in [0.717, 1.165) is 5.56 Å². The van der Waals surface area contributed by atoms with Gasteiger partial charge in [-0.1, -0.05) is 24.3 Å². The van der Waals surface area contributed by atoms with Crippen LogP contribution in [0, 0.1) is 0 Å². The van der Waals surface area contributed by atoms with Crippen molar-refractivity contribution in [1.82, 2.24) is 14.9 Å². The van der Waals surface area contributed by atoms with Gasteiger partial charge in [-0.3, -0.25) is 0 Å². The Morgan fingerprint density at radius 2 is 1.90 bits per heavy atom. The fraction of sp³-hybridized carbons (Fsp3) is 0.611. The van der Waals surface area contributed by atoms with Crippen LogP contribution in [0.1, 0.15) is 24.5 Å². The first-order valence-electron chi connectivity index (χ1n) is 9.42. The van der Waals surface area contributed by atoms with Crippen molar-refractivity contribution >= 4 is 16.0 Å². The second kappa shape index (κ2) is 10.8. The normalized spacial score (nSPS) is 17.4. The van der Waals surface area contributed by atoms with E-state index in [2.05, 4.69) is 20.4 Å². The number of sulfonamides is 1. The maximum Gasteiger partial charge on any atom is 0.411 e. The molecule has 0 atom stereocenters. The number of rotatable bonds is 9. The average Bonchev–Trinajstić information content (AvgIpc) is 2.98. The minimum atomic E-state index is -4.33. The molecule has 0 saturated carbocycles. The van der Waals surface area contributed by atoms with Gasteiger partial charge in [0.1, 0.15) is 6.61 Å². The van der Waals surface area contributed by atoms with Crippen LogP contribution in [0.4, 0.5) is 13.2 Å². The number of aliphatic imine (C=N–C) groups is 1. The van der Waals surface area contributed by atoms with Crippen LogP contribution in [0.15, 0.2) is 29.3 Å². The Morgan fingerprint density at radius 1 is 1.21 bits per heavy atom. The van der Waals surface area contributed by atoms with Gasteiger partial charge in [-0.25, -0.2) is 17.7 Å². The van der Waals surface area contributed by atoms with Crippen LogP contribution in [0.25, 0.3) is 0 Å². The molecule has 29 heavy (non-hydrogen) atoms. The van der Waals surface area contributed by atoms with E-state index in [9.17, 15) is 21.6 Å². The number of guanidine groups is 1. The van der Waals surface area contributed by atoms with E-state index >= 15 is 0 Å². The quantitative estimate of drug-likeness (QED) is 0.456. The largest absolute Gasteiger partial charge is 0.411 e. The zero-order valence-corrected chi connectivity index (χ0v) is 17.2. The monoisotopic (exact) mass is 436 g/mol. The molecule has 0 unspecified atom stereocenters.